The number of para-hydroxylation sites is 1. The highest BCUT2D eigenvalue weighted by Crippen LogP contribution is 2.34. The lowest BCUT2D eigenvalue weighted by Gasteiger charge is -2.44. The van der Waals surface area contributed by atoms with Crippen molar-refractivity contribution >= 4 is 23.2 Å². The SMILES string of the molecule is CC(=O)c1ccccc1OCCCc1ccc(C2=C(C(=O)N(C)CCc3ccccc3)[C@H]3CN(C(C)=O)CC(C2)N3)cc1. The maximum Gasteiger partial charge on any atom is 0.251 e. The maximum atomic E-state index is 14.0. The summed E-state index contributed by atoms with van der Waals surface area (Å²) in [5.41, 5.74) is 5.89. The first-order valence-electron chi connectivity index (χ1n) is 15.2. The lowest BCUT2D eigenvalue weighted by Crippen LogP contribution is -2.61. The number of ether oxygens (including phenoxy) is 1. The number of amides is 2. The highest BCUT2D eigenvalue weighted by Gasteiger charge is 2.39. The van der Waals surface area contributed by atoms with Crippen molar-refractivity contribution < 1.29 is 19.1 Å². The number of fused-ring (bicyclic) bond motifs is 2. The van der Waals surface area contributed by atoms with Crippen molar-refractivity contribution in [3.8, 4) is 5.75 Å². The van der Waals surface area contributed by atoms with Crippen LogP contribution in [-0.4, -0.2) is 72.8 Å². The van der Waals surface area contributed by atoms with E-state index in [4.69, 9.17) is 4.74 Å². The molecule has 3 aromatic rings. The van der Waals surface area contributed by atoms with Gasteiger partial charge in [0.25, 0.3) is 5.91 Å². The number of rotatable bonds is 11. The number of aryl methyl sites for hydroxylation is 1. The fourth-order valence-corrected chi connectivity index (χ4v) is 6.09. The molecule has 7 nitrogen and oxygen atoms in total. The van der Waals surface area contributed by atoms with E-state index < -0.39 is 0 Å². The molecule has 2 heterocycles. The summed E-state index contributed by atoms with van der Waals surface area (Å²) in [4.78, 5) is 41.8. The number of nitrogens with one attached hydrogen (secondary N) is 1. The third kappa shape index (κ3) is 7.41. The van der Waals surface area contributed by atoms with Crippen LogP contribution in [0.25, 0.3) is 5.57 Å². The summed E-state index contributed by atoms with van der Waals surface area (Å²) in [5.74, 6) is 0.682. The first kappa shape index (κ1) is 30.2. The third-order valence-electron chi connectivity index (χ3n) is 8.44. The van der Waals surface area contributed by atoms with Gasteiger partial charge >= 0.3 is 0 Å². The molecule has 0 saturated carbocycles. The highest BCUT2D eigenvalue weighted by atomic mass is 16.5. The highest BCUT2D eigenvalue weighted by molar-refractivity contribution is 6.03. The molecule has 0 radical (unpaired) electrons. The van der Waals surface area contributed by atoms with Crippen LogP contribution in [0.4, 0.5) is 0 Å². The van der Waals surface area contributed by atoms with Gasteiger partial charge in [-0.2, -0.15) is 0 Å². The van der Waals surface area contributed by atoms with Crippen molar-refractivity contribution in [1.82, 2.24) is 15.1 Å². The summed E-state index contributed by atoms with van der Waals surface area (Å²) in [7, 11) is 1.87. The van der Waals surface area contributed by atoms with Gasteiger partial charge in [0.2, 0.25) is 5.91 Å². The Morgan fingerprint density at radius 1 is 0.884 bits per heavy atom. The van der Waals surface area contributed by atoms with E-state index >= 15 is 0 Å². The molecule has 1 saturated heterocycles. The quantitative estimate of drug-likeness (QED) is 0.257. The molecule has 2 atom stereocenters. The topological polar surface area (TPSA) is 79.0 Å². The Labute approximate surface area is 254 Å². The average Bonchev–Trinajstić information content (AvgIpc) is 3.02. The molecular weight excluding hydrogens is 538 g/mol. The van der Waals surface area contributed by atoms with Crippen LogP contribution >= 0.6 is 0 Å². The van der Waals surface area contributed by atoms with Gasteiger partial charge in [0, 0.05) is 45.2 Å². The zero-order chi connectivity index (χ0) is 30.3. The molecule has 1 fully saturated rings. The number of ketones is 1. The first-order chi connectivity index (χ1) is 20.8. The number of hydrogen-bond donors (Lipinski definition) is 1. The lowest BCUT2D eigenvalue weighted by molar-refractivity contribution is -0.132. The van der Waals surface area contributed by atoms with E-state index in [2.05, 4.69) is 41.7 Å². The standard InChI is InChI=1S/C36H41N3O4/c1-25(40)31-13-7-8-14-34(31)43-21-9-12-28-15-17-29(18-16-28)32-22-30-23-39(26(2)41)24-33(37-30)35(32)36(42)38(3)20-19-27-10-5-4-6-11-27/h4-8,10-11,13-18,30,33,37H,9,12,19-24H2,1-3H3/t30?,33-/m1/s1. The van der Waals surface area contributed by atoms with Gasteiger partial charge in [0.1, 0.15) is 5.75 Å². The second kappa shape index (κ2) is 13.8. The summed E-state index contributed by atoms with van der Waals surface area (Å²) in [6, 6.07) is 26.0. The largest absolute Gasteiger partial charge is 0.493 e. The molecule has 0 aliphatic carbocycles. The molecule has 2 amide bonds. The van der Waals surface area contributed by atoms with Gasteiger partial charge in [-0.15, -0.1) is 0 Å². The zero-order valence-electron chi connectivity index (χ0n) is 25.3. The second-order valence-electron chi connectivity index (χ2n) is 11.6. The van der Waals surface area contributed by atoms with Crippen LogP contribution in [0.5, 0.6) is 5.75 Å². The number of carbonyl (C=O) groups excluding carboxylic acids is 3. The van der Waals surface area contributed by atoms with E-state index in [1.54, 1.807) is 19.9 Å². The second-order valence-corrected chi connectivity index (χ2v) is 11.6. The minimum Gasteiger partial charge on any atom is -0.493 e. The minimum absolute atomic E-state index is 0.00298. The monoisotopic (exact) mass is 579 g/mol. The Morgan fingerprint density at radius 3 is 2.30 bits per heavy atom. The van der Waals surface area contributed by atoms with E-state index in [-0.39, 0.29) is 29.7 Å². The predicted molar refractivity (Wildman–Crippen MR) is 169 cm³/mol. The number of benzene rings is 3. The third-order valence-corrected chi connectivity index (χ3v) is 8.44. The molecule has 2 aliphatic heterocycles. The van der Waals surface area contributed by atoms with Crippen LogP contribution in [0.15, 0.2) is 84.4 Å². The first-order valence-corrected chi connectivity index (χ1v) is 15.2. The van der Waals surface area contributed by atoms with E-state index in [0.29, 0.717) is 44.0 Å². The van der Waals surface area contributed by atoms with Crippen LogP contribution in [0.1, 0.15) is 53.7 Å². The Morgan fingerprint density at radius 2 is 1.58 bits per heavy atom. The Balaban J connectivity index is 1.30. The van der Waals surface area contributed by atoms with Gasteiger partial charge in [0.15, 0.2) is 5.78 Å². The summed E-state index contributed by atoms with van der Waals surface area (Å²) >= 11 is 0. The molecule has 3 aromatic carbocycles. The molecule has 5 rings (SSSR count). The van der Waals surface area contributed by atoms with E-state index in [1.807, 2.05) is 53.2 Å². The number of nitrogens with zero attached hydrogens (tertiary/aromatic N) is 2. The van der Waals surface area contributed by atoms with Gasteiger partial charge in [-0.1, -0.05) is 66.7 Å². The normalized spacial score (nSPS) is 17.9. The fourth-order valence-electron chi connectivity index (χ4n) is 6.09. The summed E-state index contributed by atoms with van der Waals surface area (Å²) in [6.45, 7) is 5.43. The summed E-state index contributed by atoms with van der Waals surface area (Å²) in [5, 5.41) is 3.63. The van der Waals surface area contributed by atoms with Crippen molar-refractivity contribution in [3.63, 3.8) is 0 Å². The number of hydrogen-bond acceptors (Lipinski definition) is 5. The molecule has 0 aromatic heterocycles. The van der Waals surface area contributed by atoms with Crippen LogP contribution in [-0.2, 0) is 22.4 Å². The fraction of sp³-hybridized carbons (Fsp3) is 0.361. The minimum atomic E-state index is -0.201. The van der Waals surface area contributed by atoms with Gasteiger partial charge in [-0.25, -0.2) is 0 Å². The van der Waals surface area contributed by atoms with E-state index in [0.717, 1.165) is 36.0 Å². The number of Topliss-reactive ketones (excluding diaryl/α,β-unsaturated/α-hetero) is 1. The number of likely N-dealkylation sites (N-methyl/N-ethyl adjacent to an activating group) is 1. The number of piperazine rings is 1. The van der Waals surface area contributed by atoms with Gasteiger partial charge in [0.05, 0.1) is 18.2 Å². The van der Waals surface area contributed by atoms with Gasteiger partial charge < -0.3 is 19.9 Å². The van der Waals surface area contributed by atoms with Crippen molar-refractivity contribution in [2.45, 2.75) is 51.6 Å². The average molecular weight is 580 g/mol. The van der Waals surface area contributed by atoms with Crippen molar-refractivity contribution in [1.29, 1.82) is 0 Å². The molecule has 2 aliphatic rings. The van der Waals surface area contributed by atoms with E-state index in [1.165, 1.54) is 11.1 Å². The van der Waals surface area contributed by atoms with Crippen molar-refractivity contribution in [2.24, 2.45) is 0 Å². The van der Waals surface area contributed by atoms with Crippen molar-refractivity contribution in [3.05, 3.63) is 107 Å². The maximum absolute atomic E-state index is 14.0. The van der Waals surface area contributed by atoms with Crippen LogP contribution in [0.2, 0.25) is 0 Å². The molecule has 0 spiro atoms. The van der Waals surface area contributed by atoms with Crippen LogP contribution < -0.4 is 10.1 Å². The Kier molecular flexibility index (Phi) is 9.72. The smallest absolute Gasteiger partial charge is 0.251 e. The molecule has 1 unspecified atom stereocenters. The lowest BCUT2D eigenvalue weighted by atomic mass is 9.82. The van der Waals surface area contributed by atoms with Crippen LogP contribution in [0, 0.1) is 0 Å². The molecule has 224 valence electrons. The molecule has 2 bridgehead atoms. The summed E-state index contributed by atoms with van der Waals surface area (Å²) in [6.07, 6.45) is 3.14. The van der Waals surface area contributed by atoms with E-state index in [9.17, 15) is 14.4 Å². The van der Waals surface area contributed by atoms with Crippen LogP contribution in [0.3, 0.4) is 0 Å². The summed E-state index contributed by atoms with van der Waals surface area (Å²) < 4.78 is 5.91. The number of carbonyl (C=O) groups is 3. The molecule has 7 heteroatoms. The zero-order valence-corrected chi connectivity index (χ0v) is 25.3. The van der Waals surface area contributed by atoms with Crippen molar-refractivity contribution in [2.75, 3.05) is 33.3 Å². The van der Waals surface area contributed by atoms with Gasteiger partial charge in [-0.05, 0) is 67.0 Å². The predicted octanol–water partition coefficient (Wildman–Crippen LogP) is 4.95. The Bertz CT molecular complexity index is 1480. The molecule has 43 heavy (non-hydrogen) atoms. The van der Waals surface area contributed by atoms with Gasteiger partial charge in [-0.3, -0.25) is 14.4 Å². The molecular formula is C36H41N3O4. The molecule has 1 N–H and O–H groups in total. The Hall–Kier alpha value is -4.23.